The molecule has 1 saturated heterocycles. The van der Waals surface area contributed by atoms with Crippen molar-refractivity contribution < 1.29 is 33.4 Å². The Kier molecular flexibility index (Phi) is 10.2. The van der Waals surface area contributed by atoms with E-state index in [1.165, 1.54) is 11.8 Å². The highest BCUT2D eigenvalue weighted by Crippen LogP contribution is 2.60. The zero-order chi connectivity index (χ0) is 34.1. The van der Waals surface area contributed by atoms with Crippen LogP contribution in [0, 0.1) is 5.92 Å². The second-order valence-electron chi connectivity index (χ2n) is 12.9. The number of nitrogens with one attached hydrogen (secondary N) is 1. The maximum Gasteiger partial charge on any atom is 0.264 e. The molecule has 250 valence electrons. The predicted molar refractivity (Wildman–Crippen MR) is 181 cm³/mol. The van der Waals surface area contributed by atoms with E-state index in [0.29, 0.717) is 27.5 Å². The number of aliphatic hydroxyl groups excluding tert-OH is 2. The molecule has 5 rings (SSSR count). The fraction of sp³-hybridized carbons (Fsp3) is 0.400. The molecule has 2 aliphatic heterocycles. The van der Waals surface area contributed by atoms with Crippen molar-refractivity contribution in [2.45, 2.75) is 69.8 Å². The SMILES string of the molecule is C[C@H](O)C(=O)Nc1cccc(CN2C(=O)[C@@]3(O[C@@H](CC(=O)N(CCO)Cc4ccccc4)[C@H]([Si](C)(C)F)[C@H]3C)c3cc(Cl)ccc32)c1. The lowest BCUT2D eigenvalue weighted by molar-refractivity contribution is -0.150. The minimum absolute atomic E-state index is 0.101. The van der Waals surface area contributed by atoms with E-state index >= 15 is 4.11 Å². The van der Waals surface area contributed by atoms with Gasteiger partial charge in [0.1, 0.15) is 6.10 Å². The number of carbonyl (C=O) groups is 3. The summed E-state index contributed by atoms with van der Waals surface area (Å²) in [5, 5.41) is 22.4. The Morgan fingerprint density at radius 1 is 1.11 bits per heavy atom. The van der Waals surface area contributed by atoms with E-state index in [4.69, 9.17) is 16.3 Å². The average Bonchev–Trinajstić information content (AvgIpc) is 3.43. The maximum absolute atomic E-state index is 16.3. The lowest BCUT2D eigenvalue weighted by atomic mass is 9.82. The van der Waals surface area contributed by atoms with Gasteiger partial charge in [0.2, 0.25) is 14.3 Å². The number of anilines is 2. The van der Waals surface area contributed by atoms with Crippen LogP contribution in [0.15, 0.2) is 72.8 Å². The van der Waals surface area contributed by atoms with Crippen LogP contribution in [0.3, 0.4) is 0 Å². The molecule has 3 aromatic carbocycles. The van der Waals surface area contributed by atoms with Crippen molar-refractivity contribution in [1.29, 1.82) is 0 Å². The summed E-state index contributed by atoms with van der Waals surface area (Å²) in [5.74, 6) is -1.86. The van der Waals surface area contributed by atoms with E-state index in [1.54, 1.807) is 54.4 Å². The van der Waals surface area contributed by atoms with Gasteiger partial charge in [-0.25, -0.2) is 0 Å². The van der Waals surface area contributed by atoms with Crippen LogP contribution in [-0.2, 0) is 37.8 Å². The molecule has 0 aliphatic carbocycles. The summed E-state index contributed by atoms with van der Waals surface area (Å²) < 4.78 is 23.0. The number of ether oxygens (including phenoxy) is 1. The second kappa shape index (κ2) is 13.9. The van der Waals surface area contributed by atoms with Crippen LogP contribution >= 0.6 is 11.6 Å². The summed E-state index contributed by atoms with van der Waals surface area (Å²) in [4.78, 5) is 43.7. The van der Waals surface area contributed by atoms with Gasteiger partial charge in [0.15, 0.2) is 5.60 Å². The van der Waals surface area contributed by atoms with Crippen LogP contribution in [0.4, 0.5) is 15.5 Å². The largest absolute Gasteiger partial charge is 0.395 e. The lowest BCUT2D eigenvalue weighted by Crippen LogP contribution is -2.45. The fourth-order valence-corrected chi connectivity index (χ4v) is 9.74. The van der Waals surface area contributed by atoms with Crippen molar-refractivity contribution in [2.75, 3.05) is 23.4 Å². The van der Waals surface area contributed by atoms with Crippen molar-refractivity contribution in [2.24, 2.45) is 5.92 Å². The van der Waals surface area contributed by atoms with Gasteiger partial charge in [0, 0.05) is 40.8 Å². The molecule has 12 heteroatoms. The van der Waals surface area contributed by atoms with Crippen LogP contribution < -0.4 is 10.2 Å². The van der Waals surface area contributed by atoms with E-state index in [-0.39, 0.29) is 44.5 Å². The first-order valence-corrected chi connectivity index (χ1v) is 19.1. The highest BCUT2D eigenvalue weighted by atomic mass is 35.5. The van der Waals surface area contributed by atoms with E-state index in [2.05, 4.69) is 5.32 Å². The van der Waals surface area contributed by atoms with Gasteiger partial charge in [-0.2, -0.15) is 0 Å². The Balaban J connectivity index is 1.48. The topological polar surface area (TPSA) is 119 Å². The fourth-order valence-electron chi connectivity index (χ4n) is 7.07. The highest BCUT2D eigenvalue weighted by molar-refractivity contribution is 6.72. The first-order valence-electron chi connectivity index (χ1n) is 15.8. The first-order chi connectivity index (χ1) is 22.3. The molecular weight excluding hydrogens is 641 g/mol. The molecule has 9 nitrogen and oxygen atoms in total. The number of fused-ring (bicyclic) bond motifs is 2. The molecule has 0 bridgehead atoms. The molecule has 0 saturated carbocycles. The lowest BCUT2D eigenvalue weighted by Gasteiger charge is -2.31. The Hall–Kier alpha value is -3.61. The summed E-state index contributed by atoms with van der Waals surface area (Å²) in [6.07, 6.45) is -2.24. The van der Waals surface area contributed by atoms with Gasteiger partial charge in [0.05, 0.1) is 31.4 Å². The average molecular weight is 682 g/mol. The van der Waals surface area contributed by atoms with Gasteiger partial charge in [0.25, 0.3) is 11.8 Å². The monoisotopic (exact) mass is 681 g/mol. The van der Waals surface area contributed by atoms with Gasteiger partial charge >= 0.3 is 0 Å². The third kappa shape index (κ3) is 7.00. The molecule has 1 fully saturated rings. The summed E-state index contributed by atoms with van der Waals surface area (Å²) in [6.45, 7) is 6.60. The number of hydrogen-bond acceptors (Lipinski definition) is 6. The number of nitrogens with zero attached hydrogens (tertiary/aromatic N) is 2. The third-order valence-corrected chi connectivity index (χ3v) is 11.8. The standard InChI is InChI=1S/C35H41ClFN3O6Si/c1-22-32(47(3,4)37)30(19-31(43)39(15-16-41)20-24-9-6-5-7-10-24)46-35(22)28-18-26(36)13-14-29(28)40(34(35)45)21-25-11-8-12-27(17-25)38-33(44)23(2)42/h5-14,17-18,22-23,30,32,41-42H,15-16,19-21H2,1-4H3,(H,38,44)/t22-,23+,30+,32-,35+/m1/s1. The van der Waals surface area contributed by atoms with E-state index in [1.807, 2.05) is 43.3 Å². The number of rotatable bonds is 11. The Morgan fingerprint density at radius 3 is 2.47 bits per heavy atom. The molecule has 2 aliphatic rings. The number of amides is 3. The van der Waals surface area contributed by atoms with Crippen molar-refractivity contribution in [3.63, 3.8) is 0 Å². The maximum atomic E-state index is 16.3. The summed E-state index contributed by atoms with van der Waals surface area (Å²) in [7, 11) is -3.54. The van der Waals surface area contributed by atoms with Gasteiger partial charge < -0.3 is 34.2 Å². The molecule has 1 spiro atoms. The van der Waals surface area contributed by atoms with Gasteiger partial charge in [-0.3, -0.25) is 14.4 Å². The van der Waals surface area contributed by atoms with Crippen LogP contribution in [0.1, 0.15) is 37.0 Å². The van der Waals surface area contributed by atoms with Crippen molar-refractivity contribution in [3.8, 4) is 0 Å². The molecule has 2 heterocycles. The minimum Gasteiger partial charge on any atom is -0.395 e. The molecular formula is C35H41ClFN3O6Si. The number of benzene rings is 3. The zero-order valence-corrected chi connectivity index (χ0v) is 28.7. The van der Waals surface area contributed by atoms with Crippen LogP contribution in [0.25, 0.3) is 0 Å². The van der Waals surface area contributed by atoms with Crippen molar-refractivity contribution in [1.82, 2.24) is 4.90 Å². The molecule has 0 aromatic heterocycles. The Labute approximate surface area is 280 Å². The van der Waals surface area contributed by atoms with Crippen molar-refractivity contribution >= 4 is 49.1 Å². The number of carbonyl (C=O) groups excluding carboxylic acids is 3. The highest BCUT2D eigenvalue weighted by Gasteiger charge is 2.67. The summed E-state index contributed by atoms with van der Waals surface area (Å²) in [5.41, 5.74) is 0.871. The summed E-state index contributed by atoms with van der Waals surface area (Å²) >= 11 is 6.49. The molecule has 3 amide bonds. The normalized spacial score (nSPS) is 22.8. The Bertz CT molecular complexity index is 1640. The van der Waals surface area contributed by atoms with Gasteiger partial charge in [-0.15, -0.1) is 0 Å². The minimum atomic E-state index is -3.54. The quantitative estimate of drug-likeness (QED) is 0.184. The second-order valence-corrected chi connectivity index (χ2v) is 17.1. The Morgan fingerprint density at radius 2 is 1.81 bits per heavy atom. The molecule has 3 aromatic rings. The van der Waals surface area contributed by atoms with Crippen LogP contribution in [-0.4, -0.2) is 66.6 Å². The zero-order valence-electron chi connectivity index (χ0n) is 27.0. The van der Waals surface area contributed by atoms with E-state index in [0.717, 1.165) is 5.56 Å². The van der Waals surface area contributed by atoms with E-state index in [9.17, 15) is 24.6 Å². The number of hydrogen-bond donors (Lipinski definition) is 3. The first kappa shape index (κ1) is 34.7. The van der Waals surface area contributed by atoms with Crippen LogP contribution in [0.2, 0.25) is 23.7 Å². The number of aliphatic hydroxyl groups is 2. The molecule has 47 heavy (non-hydrogen) atoms. The summed E-state index contributed by atoms with van der Waals surface area (Å²) in [6, 6.07) is 21.5. The third-order valence-electron chi connectivity index (χ3n) is 9.15. The van der Waals surface area contributed by atoms with E-state index < -0.39 is 43.6 Å². The smallest absolute Gasteiger partial charge is 0.264 e. The van der Waals surface area contributed by atoms with Gasteiger partial charge in [-0.1, -0.05) is 61.0 Å². The molecule has 0 radical (unpaired) electrons. The predicted octanol–water partition coefficient (Wildman–Crippen LogP) is 5.39. The molecule has 3 N–H and O–H groups in total. The number of halogens is 2. The molecule has 5 atom stereocenters. The van der Waals surface area contributed by atoms with Crippen molar-refractivity contribution in [3.05, 3.63) is 94.5 Å². The molecule has 0 unspecified atom stereocenters. The van der Waals surface area contributed by atoms with Gasteiger partial charge in [-0.05, 0) is 61.5 Å². The van der Waals surface area contributed by atoms with Crippen LogP contribution in [0.5, 0.6) is 0 Å².